The first-order valence-electron chi connectivity index (χ1n) is 6.76. The second kappa shape index (κ2) is 5.41. The van der Waals surface area contributed by atoms with Crippen molar-refractivity contribution in [1.29, 1.82) is 0 Å². The molecule has 1 aliphatic heterocycles. The Morgan fingerprint density at radius 2 is 2.00 bits per heavy atom. The number of benzene rings is 1. The number of para-hydroxylation sites is 1. The molecule has 1 unspecified atom stereocenters. The minimum absolute atomic E-state index is 0.237. The van der Waals surface area contributed by atoms with E-state index in [1.807, 2.05) is 6.07 Å². The lowest BCUT2D eigenvalue weighted by Crippen LogP contribution is -2.33. The number of rotatable bonds is 2. The topological polar surface area (TPSA) is 63.4 Å². The van der Waals surface area contributed by atoms with E-state index in [2.05, 4.69) is 11.8 Å². The molecule has 0 radical (unpaired) electrons. The largest absolute Gasteiger partial charge is 0.396 e. The van der Waals surface area contributed by atoms with Crippen LogP contribution < -0.4 is 10.6 Å². The van der Waals surface area contributed by atoms with Gasteiger partial charge in [0, 0.05) is 18.8 Å². The number of nitrogens with zero attached hydrogens (tertiary/aromatic N) is 1. The van der Waals surface area contributed by atoms with Crippen molar-refractivity contribution in [3.8, 4) is 0 Å². The third-order valence-electron chi connectivity index (χ3n) is 3.80. The van der Waals surface area contributed by atoms with Crippen LogP contribution in [0, 0.1) is 0 Å². The van der Waals surface area contributed by atoms with Crippen molar-refractivity contribution in [2.24, 2.45) is 0 Å². The van der Waals surface area contributed by atoms with Crippen LogP contribution >= 0.6 is 0 Å². The van der Waals surface area contributed by atoms with E-state index in [9.17, 15) is 8.42 Å². The van der Waals surface area contributed by atoms with Crippen LogP contribution in [0.4, 0.5) is 11.4 Å². The van der Waals surface area contributed by atoms with Crippen molar-refractivity contribution in [2.75, 3.05) is 23.4 Å². The lowest BCUT2D eigenvalue weighted by molar-refractivity contribution is 0.601. The van der Waals surface area contributed by atoms with Crippen LogP contribution in [0.1, 0.15) is 32.6 Å². The maximum atomic E-state index is 11.7. The SMILES string of the molecule is CC1CCCCCN1c1cccc(S(C)(=O)=O)c1N. The molecule has 1 fully saturated rings. The summed E-state index contributed by atoms with van der Waals surface area (Å²) in [4.78, 5) is 2.48. The molecular formula is C14H22N2O2S. The molecule has 2 rings (SSSR count). The highest BCUT2D eigenvalue weighted by Crippen LogP contribution is 2.33. The number of hydrogen-bond acceptors (Lipinski definition) is 4. The molecule has 1 aromatic carbocycles. The van der Waals surface area contributed by atoms with Gasteiger partial charge in [-0.25, -0.2) is 8.42 Å². The molecule has 4 nitrogen and oxygen atoms in total. The Hall–Kier alpha value is -1.23. The molecule has 0 aliphatic carbocycles. The van der Waals surface area contributed by atoms with E-state index in [4.69, 9.17) is 5.73 Å². The van der Waals surface area contributed by atoms with Gasteiger partial charge in [-0.05, 0) is 31.9 Å². The van der Waals surface area contributed by atoms with Crippen molar-refractivity contribution in [2.45, 2.75) is 43.5 Å². The van der Waals surface area contributed by atoms with Crippen molar-refractivity contribution >= 4 is 21.2 Å². The van der Waals surface area contributed by atoms with Crippen LogP contribution in [0.5, 0.6) is 0 Å². The number of hydrogen-bond donors (Lipinski definition) is 1. The van der Waals surface area contributed by atoms with E-state index in [0.717, 1.165) is 25.1 Å². The number of anilines is 2. The zero-order valence-corrected chi connectivity index (χ0v) is 12.4. The summed E-state index contributed by atoms with van der Waals surface area (Å²) in [6.07, 6.45) is 5.92. The Bertz CT molecular complexity index is 555. The molecule has 1 aliphatic rings. The monoisotopic (exact) mass is 282 g/mol. The summed E-state index contributed by atoms with van der Waals surface area (Å²) in [5.41, 5.74) is 7.34. The fourth-order valence-electron chi connectivity index (χ4n) is 2.74. The van der Waals surface area contributed by atoms with E-state index >= 15 is 0 Å². The molecule has 2 N–H and O–H groups in total. The molecule has 0 amide bonds. The van der Waals surface area contributed by atoms with Gasteiger partial charge in [-0.1, -0.05) is 18.9 Å². The lowest BCUT2D eigenvalue weighted by Gasteiger charge is -2.31. The molecule has 19 heavy (non-hydrogen) atoms. The second-order valence-electron chi connectivity index (χ2n) is 5.35. The highest BCUT2D eigenvalue weighted by Gasteiger charge is 2.22. The van der Waals surface area contributed by atoms with Crippen LogP contribution in [-0.2, 0) is 9.84 Å². The summed E-state index contributed by atoms with van der Waals surface area (Å²) in [5, 5.41) is 0. The number of nitrogens with two attached hydrogens (primary N) is 1. The Morgan fingerprint density at radius 3 is 2.68 bits per heavy atom. The predicted octanol–water partition coefficient (Wildman–Crippen LogP) is 2.44. The molecule has 5 heteroatoms. The molecule has 106 valence electrons. The lowest BCUT2D eigenvalue weighted by atomic mass is 10.1. The van der Waals surface area contributed by atoms with E-state index in [1.165, 1.54) is 19.1 Å². The third kappa shape index (κ3) is 3.03. The Balaban J connectivity index is 2.45. The first-order valence-corrected chi connectivity index (χ1v) is 8.65. The summed E-state index contributed by atoms with van der Waals surface area (Å²) in [6.45, 7) is 3.12. The van der Waals surface area contributed by atoms with Gasteiger partial charge in [-0.2, -0.15) is 0 Å². The van der Waals surface area contributed by atoms with Gasteiger partial charge in [-0.15, -0.1) is 0 Å². The van der Waals surface area contributed by atoms with E-state index in [0.29, 0.717) is 11.7 Å². The van der Waals surface area contributed by atoms with Crippen LogP contribution in [-0.4, -0.2) is 27.3 Å². The molecule has 0 saturated carbocycles. The smallest absolute Gasteiger partial charge is 0.177 e. The standard InChI is InChI=1S/C14H22N2O2S/c1-11-7-4-3-5-10-16(11)12-8-6-9-13(14(12)15)19(2,17)18/h6,8-9,11H,3-5,7,10,15H2,1-2H3. The summed E-state index contributed by atoms with van der Waals surface area (Å²) >= 11 is 0. The fourth-order valence-corrected chi connectivity index (χ4v) is 3.57. The zero-order chi connectivity index (χ0) is 14.0. The third-order valence-corrected chi connectivity index (χ3v) is 4.96. The highest BCUT2D eigenvalue weighted by molar-refractivity contribution is 7.90. The van der Waals surface area contributed by atoms with Crippen molar-refractivity contribution in [3.63, 3.8) is 0 Å². The Morgan fingerprint density at radius 1 is 1.26 bits per heavy atom. The molecule has 1 saturated heterocycles. The Kier molecular flexibility index (Phi) is 4.04. The number of sulfone groups is 1. The normalized spacial score (nSPS) is 21.2. The minimum atomic E-state index is -3.27. The van der Waals surface area contributed by atoms with Crippen molar-refractivity contribution in [1.82, 2.24) is 0 Å². The van der Waals surface area contributed by atoms with Gasteiger partial charge in [0.05, 0.1) is 16.3 Å². The van der Waals surface area contributed by atoms with E-state index in [1.54, 1.807) is 12.1 Å². The molecular weight excluding hydrogens is 260 g/mol. The number of nitrogen functional groups attached to an aromatic ring is 1. The summed E-state index contributed by atoms with van der Waals surface area (Å²) in [6, 6.07) is 5.68. The van der Waals surface area contributed by atoms with Crippen LogP contribution in [0.2, 0.25) is 0 Å². The van der Waals surface area contributed by atoms with Crippen molar-refractivity contribution < 1.29 is 8.42 Å². The van der Waals surface area contributed by atoms with Crippen LogP contribution in [0.3, 0.4) is 0 Å². The van der Waals surface area contributed by atoms with Crippen LogP contribution in [0.25, 0.3) is 0 Å². The average molecular weight is 282 g/mol. The average Bonchev–Trinajstić information content (AvgIpc) is 2.53. The first kappa shape index (κ1) is 14.2. The fraction of sp³-hybridized carbons (Fsp3) is 0.571. The second-order valence-corrected chi connectivity index (χ2v) is 7.34. The summed E-state index contributed by atoms with van der Waals surface area (Å²) in [7, 11) is -3.27. The summed E-state index contributed by atoms with van der Waals surface area (Å²) < 4.78 is 23.5. The van der Waals surface area contributed by atoms with Gasteiger partial charge in [0.1, 0.15) is 0 Å². The maximum absolute atomic E-state index is 11.7. The summed E-state index contributed by atoms with van der Waals surface area (Å²) in [5.74, 6) is 0. The van der Waals surface area contributed by atoms with Gasteiger partial charge < -0.3 is 10.6 Å². The van der Waals surface area contributed by atoms with E-state index < -0.39 is 9.84 Å². The first-order chi connectivity index (χ1) is 8.91. The molecule has 1 heterocycles. The van der Waals surface area contributed by atoms with Gasteiger partial charge in [0.15, 0.2) is 9.84 Å². The molecule has 1 atom stereocenters. The molecule has 0 bridgehead atoms. The quantitative estimate of drug-likeness (QED) is 0.846. The molecule has 0 aromatic heterocycles. The predicted molar refractivity (Wildman–Crippen MR) is 79.2 cm³/mol. The molecule has 0 spiro atoms. The zero-order valence-electron chi connectivity index (χ0n) is 11.6. The maximum Gasteiger partial charge on any atom is 0.177 e. The van der Waals surface area contributed by atoms with Gasteiger partial charge >= 0.3 is 0 Å². The highest BCUT2D eigenvalue weighted by atomic mass is 32.2. The van der Waals surface area contributed by atoms with Crippen molar-refractivity contribution in [3.05, 3.63) is 18.2 Å². The van der Waals surface area contributed by atoms with Crippen LogP contribution in [0.15, 0.2) is 23.1 Å². The van der Waals surface area contributed by atoms with Gasteiger partial charge in [0.2, 0.25) is 0 Å². The molecule has 1 aromatic rings. The van der Waals surface area contributed by atoms with Gasteiger partial charge in [-0.3, -0.25) is 0 Å². The Labute approximate surface area is 115 Å². The van der Waals surface area contributed by atoms with E-state index in [-0.39, 0.29) is 4.90 Å². The van der Waals surface area contributed by atoms with Gasteiger partial charge in [0.25, 0.3) is 0 Å². The minimum Gasteiger partial charge on any atom is -0.396 e.